The third kappa shape index (κ3) is 4.10. The summed E-state index contributed by atoms with van der Waals surface area (Å²) >= 11 is 1.23. The van der Waals surface area contributed by atoms with Crippen molar-refractivity contribution in [2.24, 2.45) is 0 Å². The third-order valence-corrected chi connectivity index (χ3v) is 4.34. The van der Waals surface area contributed by atoms with Crippen molar-refractivity contribution in [3.63, 3.8) is 0 Å². The van der Waals surface area contributed by atoms with Crippen LogP contribution in [0.4, 0.5) is 0 Å². The summed E-state index contributed by atoms with van der Waals surface area (Å²) in [6.45, 7) is 5.64. The Morgan fingerprint density at radius 1 is 1.30 bits per heavy atom. The van der Waals surface area contributed by atoms with E-state index < -0.39 is 5.97 Å². The quantitative estimate of drug-likeness (QED) is 0.870. The van der Waals surface area contributed by atoms with E-state index in [0.717, 1.165) is 0 Å². The van der Waals surface area contributed by atoms with Gasteiger partial charge in [0.15, 0.2) is 10.8 Å². The molecule has 0 fully saturated rings. The number of nitrogens with zero attached hydrogens (tertiary/aromatic N) is 4. The van der Waals surface area contributed by atoms with Gasteiger partial charge in [-0.2, -0.15) is 0 Å². The molecule has 0 saturated heterocycles. The predicted molar refractivity (Wildman–Crippen MR) is 86.3 cm³/mol. The molecule has 7 nitrogen and oxygen atoms in total. The van der Waals surface area contributed by atoms with Gasteiger partial charge in [0.25, 0.3) is 5.91 Å². The van der Waals surface area contributed by atoms with Gasteiger partial charge >= 0.3 is 5.97 Å². The monoisotopic (exact) mass is 334 g/mol. The normalized spacial score (nSPS) is 10.8. The highest BCUT2D eigenvalue weighted by Crippen LogP contribution is 2.26. The molecule has 2 aromatic heterocycles. The Morgan fingerprint density at radius 2 is 1.96 bits per heavy atom. The van der Waals surface area contributed by atoms with Crippen LogP contribution in [0.15, 0.2) is 18.5 Å². The van der Waals surface area contributed by atoms with Crippen molar-refractivity contribution in [1.29, 1.82) is 0 Å². The van der Waals surface area contributed by atoms with Gasteiger partial charge in [0.2, 0.25) is 0 Å². The number of carbonyl (C=O) groups excluding carboxylic acids is 1. The zero-order valence-corrected chi connectivity index (χ0v) is 14.0. The fourth-order valence-corrected chi connectivity index (χ4v) is 3.01. The lowest BCUT2D eigenvalue weighted by molar-refractivity contribution is -0.137. The first-order valence-corrected chi connectivity index (χ1v) is 7.99. The first kappa shape index (κ1) is 17.0. The van der Waals surface area contributed by atoms with E-state index in [9.17, 15) is 9.59 Å². The molecule has 8 heteroatoms. The van der Waals surface area contributed by atoms with Gasteiger partial charge in [0.05, 0.1) is 12.1 Å². The number of aryl methyl sites for hydroxylation is 1. The van der Waals surface area contributed by atoms with Crippen molar-refractivity contribution in [3.05, 3.63) is 29.0 Å². The van der Waals surface area contributed by atoms with E-state index >= 15 is 0 Å². The molecule has 2 heterocycles. The molecule has 0 bridgehead atoms. The number of carboxylic acid groups (broad SMARTS) is 1. The lowest BCUT2D eigenvalue weighted by atomic mass is 10.2. The number of carboxylic acids is 1. The fraction of sp³-hybridized carbons (Fsp3) is 0.400. The molecule has 0 aliphatic rings. The van der Waals surface area contributed by atoms with Crippen LogP contribution >= 0.6 is 11.3 Å². The van der Waals surface area contributed by atoms with Crippen LogP contribution in [0.1, 0.15) is 35.6 Å². The number of aliphatic carboxylic acids is 1. The van der Waals surface area contributed by atoms with Crippen LogP contribution in [0, 0.1) is 6.92 Å². The number of rotatable bonds is 6. The maximum absolute atomic E-state index is 12.7. The van der Waals surface area contributed by atoms with Crippen LogP contribution < -0.4 is 0 Å². The number of amides is 1. The van der Waals surface area contributed by atoms with Crippen LogP contribution in [0.5, 0.6) is 0 Å². The standard InChI is InChI=1S/C15H18N4O3S/c1-9(2)19(8-5-11(20)21)15(22)12-10(3)18-14(23-12)13-16-6-4-7-17-13/h4,6-7,9H,5,8H2,1-3H3,(H,20,21). The van der Waals surface area contributed by atoms with Crippen LogP contribution in [-0.2, 0) is 4.79 Å². The zero-order valence-electron chi connectivity index (χ0n) is 13.2. The molecule has 0 saturated carbocycles. The Hall–Kier alpha value is -2.35. The second-order valence-corrected chi connectivity index (χ2v) is 6.24. The van der Waals surface area contributed by atoms with E-state index in [4.69, 9.17) is 5.11 Å². The molecule has 0 aromatic carbocycles. The topological polar surface area (TPSA) is 96.3 Å². The molecular formula is C15H18N4O3S. The molecule has 0 aliphatic carbocycles. The van der Waals surface area contributed by atoms with Crippen LogP contribution in [0.3, 0.4) is 0 Å². The predicted octanol–water partition coefficient (Wildman–Crippen LogP) is 2.23. The largest absolute Gasteiger partial charge is 0.481 e. The van der Waals surface area contributed by atoms with E-state index in [2.05, 4.69) is 15.0 Å². The van der Waals surface area contributed by atoms with E-state index in [-0.39, 0.29) is 24.9 Å². The maximum atomic E-state index is 12.7. The van der Waals surface area contributed by atoms with Crippen molar-refractivity contribution < 1.29 is 14.7 Å². The van der Waals surface area contributed by atoms with Crippen LogP contribution in [0.25, 0.3) is 10.8 Å². The van der Waals surface area contributed by atoms with Crippen molar-refractivity contribution in [2.45, 2.75) is 33.2 Å². The Balaban J connectivity index is 2.27. The summed E-state index contributed by atoms with van der Waals surface area (Å²) in [5.74, 6) is -0.664. The highest BCUT2D eigenvalue weighted by Gasteiger charge is 2.24. The molecule has 2 aromatic rings. The number of thiazole rings is 1. The summed E-state index contributed by atoms with van der Waals surface area (Å²) in [5, 5.41) is 9.42. The molecule has 0 radical (unpaired) electrons. The van der Waals surface area contributed by atoms with Crippen molar-refractivity contribution in [1.82, 2.24) is 19.9 Å². The summed E-state index contributed by atoms with van der Waals surface area (Å²) in [5.41, 5.74) is 0.600. The summed E-state index contributed by atoms with van der Waals surface area (Å²) in [4.78, 5) is 38.2. The van der Waals surface area contributed by atoms with Crippen LogP contribution in [0.2, 0.25) is 0 Å². The fourth-order valence-electron chi connectivity index (χ4n) is 2.04. The summed E-state index contributed by atoms with van der Waals surface area (Å²) < 4.78 is 0. The first-order chi connectivity index (χ1) is 10.9. The first-order valence-electron chi connectivity index (χ1n) is 7.17. The molecule has 122 valence electrons. The van der Waals surface area contributed by atoms with Gasteiger partial charge in [-0.15, -0.1) is 11.3 Å². The van der Waals surface area contributed by atoms with Gasteiger partial charge in [0.1, 0.15) is 4.88 Å². The third-order valence-electron chi connectivity index (χ3n) is 3.20. The van der Waals surface area contributed by atoms with Crippen molar-refractivity contribution in [3.8, 4) is 10.8 Å². The van der Waals surface area contributed by atoms with Gasteiger partial charge in [-0.3, -0.25) is 9.59 Å². The molecule has 2 rings (SSSR count). The second kappa shape index (κ2) is 7.28. The van der Waals surface area contributed by atoms with Crippen LogP contribution in [-0.4, -0.2) is 49.4 Å². The highest BCUT2D eigenvalue weighted by molar-refractivity contribution is 7.17. The van der Waals surface area contributed by atoms with Crippen molar-refractivity contribution in [2.75, 3.05) is 6.54 Å². The second-order valence-electron chi connectivity index (χ2n) is 5.24. The molecular weight excluding hydrogens is 316 g/mol. The lowest BCUT2D eigenvalue weighted by Crippen LogP contribution is -2.38. The minimum atomic E-state index is -0.928. The summed E-state index contributed by atoms with van der Waals surface area (Å²) in [7, 11) is 0. The number of aromatic nitrogens is 3. The number of carbonyl (C=O) groups is 2. The van der Waals surface area contributed by atoms with Gasteiger partial charge < -0.3 is 10.0 Å². The van der Waals surface area contributed by atoms with E-state index in [1.807, 2.05) is 13.8 Å². The minimum absolute atomic E-state index is 0.0869. The number of hydrogen-bond acceptors (Lipinski definition) is 6. The maximum Gasteiger partial charge on any atom is 0.305 e. The molecule has 0 unspecified atom stereocenters. The average Bonchev–Trinajstić information content (AvgIpc) is 2.89. The smallest absolute Gasteiger partial charge is 0.305 e. The van der Waals surface area contributed by atoms with Gasteiger partial charge in [-0.05, 0) is 26.8 Å². The zero-order chi connectivity index (χ0) is 17.0. The molecule has 0 spiro atoms. The summed E-state index contributed by atoms with van der Waals surface area (Å²) in [6, 6.07) is 1.61. The number of hydrogen-bond donors (Lipinski definition) is 1. The molecule has 1 N–H and O–H groups in total. The van der Waals surface area contributed by atoms with E-state index in [0.29, 0.717) is 21.4 Å². The van der Waals surface area contributed by atoms with Gasteiger partial charge in [-0.1, -0.05) is 0 Å². The van der Waals surface area contributed by atoms with Gasteiger partial charge in [-0.25, -0.2) is 15.0 Å². The Bertz CT molecular complexity index is 700. The van der Waals surface area contributed by atoms with E-state index in [1.165, 1.54) is 11.3 Å². The summed E-state index contributed by atoms with van der Waals surface area (Å²) in [6.07, 6.45) is 3.15. The molecule has 1 amide bonds. The van der Waals surface area contributed by atoms with E-state index in [1.54, 1.807) is 30.3 Å². The lowest BCUT2D eigenvalue weighted by Gasteiger charge is -2.25. The molecule has 23 heavy (non-hydrogen) atoms. The SMILES string of the molecule is Cc1nc(-c2ncccn2)sc1C(=O)N(CCC(=O)O)C(C)C. The Kier molecular flexibility index (Phi) is 5.38. The molecule has 0 aliphatic heterocycles. The average molecular weight is 334 g/mol. The minimum Gasteiger partial charge on any atom is -0.481 e. The Labute approximate surface area is 138 Å². The Morgan fingerprint density at radius 3 is 2.52 bits per heavy atom. The molecule has 0 atom stereocenters. The van der Waals surface area contributed by atoms with Gasteiger partial charge in [0, 0.05) is 25.0 Å². The highest BCUT2D eigenvalue weighted by atomic mass is 32.1. The van der Waals surface area contributed by atoms with Crippen molar-refractivity contribution >= 4 is 23.2 Å².